The van der Waals surface area contributed by atoms with Gasteiger partial charge in [-0.05, 0) is 26.7 Å². The molecule has 3 heterocycles. The van der Waals surface area contributed by atoms with Gasteiger partial charge in [0.25, 0.3) is 0 Å². The molecule has 0 fully saturated rings. The van der Waals surface area contributed by atoms with Crippen LogP contribution >= 0.6 is 11.8 Å². The predicted molar refractivity (Wildman–Crippen MR) is 73.1 cm³/mol. The first-order chi connectivity index (χ1) is 9.25. The Hall–Kier alpha value is -1.30. The van der Waals surface area contributed by atoms with E-state index in [0.717, 1.165) is 41.2 Å². The van der Waals surface area contributed by atoms with Crippen LogP contribution in [0.5, 0.6) is 0 Å². The van der Waals surface area contributed by atoms with Gasteiger partial charge in [0.2, 0.25) is 0 Å². The van der Waals surface area contributed by atoms with Crippen LogP contribution in [0.25, 0.3) is 0 Å². The second kappa shape index (κ2) is 5.36. The Morgan fingerprint density at radius 2 is 2.11 bits per heavy atom. The van der Waals surface area contributed by atoms with Gasteiger partial charge >= 0.3 is 0 Å². The third kappa shape index (κ3) is 2.54. The van der Waals surface area contributed by atoms with Gasteiger partial charge in [-0.15, -0.1) is 10.2 Å². The van der Waals surface area contributed by atoms with Crippen molar-refractivity contribution in [2.75, 3.05) is 0 Å². The van der Waals surface area contributed by atoms with E-state index in [1.807, 2.05) is 13.8 Å². The van der Waals surface area contributed by atoms with Gasteiger partial charge in [-0.1, -0.05) is 23.3 Å². The second-order valence-electron chi connectivity index (χ2n) is 4.95. The molecule has 0 radical (unpaired) electrons. The first-order valence-corrected chi connectivity index (χ1v) is 7.71. The van der Waals surface area contributed by atoms with Gasteiger partial charge in [0.1, 0.15) is 11.6 Å². The summed E-state index contributed by atoms with van der Waals surface area (Å²) in [6, 6.07) is 0. The summed E-state index contributed by atoms with van der Waals surface area (Å²) in [5.74, 6) is 2.89. The first-order valence-electron chi connectivity index (χ1n) is 6.72. The molecule has 0 aliphatic carbocycles. The van der Waals surface area contributed by atoms with Crippen molar-refractivity contribution in [3.05, 3.63) is 22.8 Å². The maximum absolute atomic E-state index is 5.19. The van der Waals surface area contributed by atoms with Gasteiger partial charge in [-0.2, -0.15) is 0 Å². The lowest BCUT2D eigenvalue weighted by atomic mass is 10.2. The molecule has 1 aliphatic rings. The van der Waals surface area contributed by atoms with Crippen LogP contribution in [0.2, 0.25) is 0 Å². The van der Waals surface area contributed by atoms with Gasteiger partial charge in [-0.3, -0.25) is 0 Å². The zero-order valence-corrected chi connectivity index (χ0v) is 12.2. The Morgan fingerprint density at radius 3 is 2.89 bits per heavy atom. The molecule has 0 aromatic carbocycles. The van der Waals surface area contributed by atoms with E-state index < -0.39 is 0 Å². The van der Waals surface area contributed by atoms with E-state index in [2.05, 4.69) is 19.9 Å². The Balaban J connectivity index is 1.76. The smallest absolute Gasteiger partial charge is 0.191 e. The first kappa shape index (κ1) is 12.7. The minimum Gasteiger partial charge on any atom is -0.361 e. The van der Waals surface area contributed by atoms with Crippen LogP contribution in [0, 0.1) is 13.8 Å². The number of hydrogen-bond donors (Lipinski definition) is 0. The quantitative estimate of drug-likeness (QED) is 0.808. The molecule has 102 valence electrons. The van der Waals surface area contributed by atoms with Gasteiger partial charge in [0.05, 0.1) is 5.69 Å². The average Bonchev–Trinajstić information content (AvgIpc) is 2.83. The molecule has 0 saturated carbocycles. The van der Waals surface area contributed by atoms with Gasteiger partial charge in [-0.25, -0.2) is 0 Å². The lowest BCUT2D eigenvalue weighted by molar-refractivity contribution is 0.392. The Bertz CT molecular complexity index is 556. The zero-order chi connectivity index (χ0) is 13.2. The van der Waals surface area contributed by atoms with Gasteiger partial charge < -0.3 is 9.09 Å². The highest BCUT2D eigenvalue weighted by atomic mass is 32.2. The van der Waals surface area contributed by atoms with E-state index in [1.165, 1.54) is 24.8 Å². The minimum atomic E-state index is 0.847. The van der Waals surface area contributed by atoms with Crippen molar-refractivity contribution < 1.29 is 4.52 Å². The second-order valence-corrected chi connectivity index (χ2v) is 5.89. The number of hydrogen-bond acceptors (Lipinski definition) is 5. The summed E-state index contributed by atoms with van der Waals surface area (Å²) in [5.41, 5.74) is 2.15. The SMILES string of the molecule is Cc1noc(C)c1CSc1nnc2n1CCCCC2. The molecule has 2 aromatic heterocycles. The third-order valence-electron chi connectivity index (χ3n) is 3.60. The molecule has 0 N–H and O–H groups in total. The maximum atomic E-state index is 5.19. The molecular formula is C13H18N4OS. The van der Waals surface area contributed by atoms with E-state index in [-0.39, 0.29) is 0 Å². The maximum Gasteiger partial charge on any atom is 0.191 e. The largest absolute Gasteiger partial charge is 0.361 e. The van der Waals surface area contributed by atoms with Crippen molar-refractivity contribution in [1.82, 2.24) is 19.9 Å². The molecular weight excluding hydrogens is 260 g/mol. The third-order valence-corrected chi connectivity index (χ3v) is 4.60. The van der Waals surface area contributed by atoms with Crippen molar-refractivity contribution >= 4 is 11.8 Å². The van der Waals surface area contributed by atoms with Crippen LogP contribution in [-0.4, -0.2) is 19.9 Å². The van der Waals surface area contributed by atoms with Crippen molar-refractivity contribution in [2.24, 2.45) is 0 Å². The van der Waals surface area contributed by atoms with Crippen LogP contribution in [0.3, 0.4) is 0 Å². The van der Waals surface area contributed by atoms with Crippen molar-refractivity contribution in [3.63, 3.8) is 0 Å². The fourth-order valence-electron chi connectivity index (χ4n) is 2.41. The number of aryl methyl sites for hydroxylation is 3. The molecule has 0 spiro atoms. The highest BCUT2D eigenvalue weighted by Crippen LogP contribution is 2.27. The van der Waals surface area contributed by atoms with E-state index in [0.29, 0.717) is 0 Å². The van der Waals surface area contributed by atoms with E-state index in [4.69, 9.17) is 4.52 Å². The molecule has 5 nitrogen and oxygen atoms in total. The van der Waals surface area contributed by atoms with E-state index >= 15 is 0 Å². The zero-order valence-electron chi connectivity index (χ0n) is 11.3. The number of nitrogens with zero attached hydrogens (tertiary/aromatic N) is 4. The fraction of sp³-hybridized carbons (Fsp3) is 0.615. The normalized spacial score (nSPS) is 15.3. The molecule has 0 atom stereocenters. The molecule has 19 heavy (non-hydrogen) atoms. The van der Waals surface area contributed by atoms with Gasteiger partial charge in [0.15, 0.2) is 5.16 Å². The predicted octanol–water partition coefficient (Wildman–Crippen LogP) is 2.90. The molecule has 0 saturated heterocycles. The molecule has 1 aliphatic heterocycles. The van der Waals surface area contributed by atoms with E-state index in [9.17, 15) is 0 Å². The van der Waals surface area contributed by atoms with Gasteiger partial charge in [0, 0.05) is 24.3 Å². The summed E-state index contributed by atoms with van der Waals surface area (Å²) in [5, 5.41) is 13.7. The highest BCUT2D eigenvalue weighted by Gasteiger charge is 2.16. The lowest BCUT2D eigenvalue weighted by Crippen LogP contribution is -2.02. The van der Waals surface area contributed by atoms with Crippen molar-refractivity contribution in [3.8, 4) is 0 Å². The summed E-state index contributed by atoms with van der Waals surface area (Å²) in [6.45, 7) is 4.99. The lowest BCUT2D eigenvalue weighted by Gasteiger charge is -2.06. The Labute approximate surface area is 116 Å². The average molecular weight is 278 g/mol. The molecule has 0 bridgehead atoms. The standard InChI is InChI=1S/C13H18N4OS/c1-9-11(10(2)18-16-9)8-19-13-15-14-12-6-4-3-5-7-17(12)13/h3-8H2,1-2H3. The van der Waals surface area contributed by atoms with Crippen LogP contribution < -0.4 is 0 Å². The van der Waals surface area contributed by atoms with Crippen molar-refractivity contribution in [2.45, 2.75) is 57.0 Å². The summed E-state index contributed by atoms with van der Waals surface area (Å²) in [7, 11) is 0. The molecule has 0 unspecified atom stereocenters. The summed E-state index contributed by atoms with van der Waals surface area (Å²) >= 11 is 1.73. The molecule has 6 heteroatoms. The summed E-state index contributed by atoms with van der Waals surface area (Å²) in [4.78, 5) is 0. The summed E-state index contributed by atoms with van der Waals surface area (Å²) in [6.07, 6.45) is 4.80. The molecule has 2 aromatic rings. The number of fused-ring (bicyclic) bond motifs is 1. The number of thioether (sulfide) groups is 1. The topological polar surface area (TPSA) is 56.7 Å². The monoisotopic (exact) mass is 278 g/mol. The summed E-state index contributed by atoms with van der Waals surface area (Å²) < 4.78 is 7.47. The molecule has 3 rings (SSSR count). The van der Waals surface area contributed by atoms with Crippen LogP contribution in [-0.2, 0) is 18.7 Å². The Morgan fingerprint density at radius 1 is 1.21 bits per heavy atom. The fourth-order valence-corrected chi connectivity index (χ4v) is 3.55. The highest BCUT2D eigenvalue weighted by molar-refractivity contribution is 7.98. The number of aromatic nitrogens is 4. The minimum absolute atomic E-state index is 0.847. The molecule has 0 amide bonds. The van der Waals surface area contributed by atoms with E-state index in [1.54, 1.807) is 11.8 Å². The number of rotatable bonds is 3. The van der Waals surface area contributed by atoms with Crippen molar-refractivity contribution in [1.29, 1.82) is 0 Å². The van der Waals surface area contributed by atoms with Crippen LogP contribution in [0.1, 0.15) is 42.1 Å². The van der Waals surface area contributed by atoms with Crippen LogP contribution in [0.15, 0.2) is 9.68 Å². The van der Waals surface area contributed by atoms with Crippen LogP contribution in [0.4, 0.5) is 0 Å². The Kier molecular flexibility index (Phi) is 3.59.